The van der Waals surface area contributed by atoms with Gasteiger partial charge in [0, 0.05) is 11.0 Å². The molecule has 1 nitrogen and oxygen atoms in total. The van der Waals surface area contributed by atoms with Gasteiger partial charge in [-0.05, 0) is 46.6 Å². The predicted molar refractivity (Wildman–Crippen MR) is 40.6 cm³/mol. The van der Waals surface area contributed by atoms with E-state index in [4.69, 9.17) is 5.48 Å². The van der Waals surface area contributed by atoms with Gasteiger partial charge in [0.1, 0.15) is 0 Å². The van der Waals surface area contributed by atoms with Crippen molar-refractivity contribution in [1.29, 1.82) is 0 Å². The van der Waals surface area contributed by atoms with Crippen molar-refractivity contribution in [3.8, 4) is 0 Å². The molecule has 1 aliphatic heterocycles. The Hall–Kier alpha value is -0.0400. The highest BCUT2D eigenvalue weighted by Gasteiger charge is 2.23. The Balaban J connectivity index is 2.88. The summed E-state index contributed by atoms with van der Waals surface area (Å²) in [6, 6.07) is 0. The minimum atomic E-state index is -0.776. The van der Waals surface area contributed by atoms with Crippen LogP contribution in [0.4, 0.5) is 0 Å². The number of nitrogens with zero attached hydrogens (tertiary/aromatic N) is 1. The molecule has 1 heterocycles. The highest BCUT2D eigenvalue weighted by molar-refractivity contribution is 4.79. The highest BCUT2D eigenvalue weighted by Crippen LogP contribution is 2.19. The molecule has 4 unspecified atom stereocenters. The first kappa shape index (κ1) is 3.38. The summed E-state index contributed by atoms with van der Waals surface area (Å²) in [5.41, 5.74) is -0.298. The molecule has 0 aliphatic carbocycles. The summed E-state index contributed by atoms with van der Waals surface area (Å²) in [4.78, 5) is 1.63. The molecule has 0 N–H and O–H groups in total. The van der Waals surface area contributed by atoms with Crippen molar-refractivity contribution in [2.75, 3.05) is 13.0 Å². The Morgan fingerprint density at radius 3 is 1.89 bits per heavy atom. The first-order valence-electron chi connectivity index (χ1n) is 5.55. The first-order chi connectivity index (χ1) is 5.76. The molecule has 1 fully saturated rings. The van der Waals surface area contributed by atoms with E-state index in [1.165, 1.54) is 0 Å². The zero-order valence-corrected chi connectivity index (χ0v) is 6.26. The van der Waals surface area contributed by atoms with Gasteiger partial charge >= 0.3 is 0 Å². The van der Waals surface area contributed by atoms with E-state index in [2.05, 4.69) is 0 Å². The minimum absolute atomic E-state index is 0.298. The van der Waals surface area contributed by atoms with Gasteiger partial charge in [-0.1, -0.05) is 0 Å². The summed E-state index contributed by atoms with van der Waals surface area (Å²) in [6.07, 6.45) is -1.55. The molecule has 0 radical (unpaired) electrons. The maximum Gasteiger partial charge on any atom is 0.0431 e. The average Bonchev–Trinajstić information content (AvgIpc) is 2.14. The second-order valence-electron chi connectivity index (χ2n) is 3.26. The normalized spacial score (nSPS) is 62.1. The lowest BCUT2D eigenvalue weighted by Gasteiger charge is -2.31. The maximum atomic E-state index is 7.71. The third-order valence-electron chi connectivity index (χ3n) is 1.38. The van der Waals surface area contributed by atoms with E-state index in [-0.39, 0.29) is 5.54 Å². The van der Waals surface area contributed by atoms with E-state index in [0.29, 0.717) is 0 Å². The Morgan fingerprint density at radius 1 is 1.22 bits per heavy atom. The molecule has 4 atom stereocenters. The summed E-state index contributed by atoms with van der Waals surface area (Å²) < 4.78 is 30.5. The van der Waals surface area contributed by atoms with E-state index in [9.17, 15) is 0 Å². The van der Waals surface area contributed by atoms with Crippen molar-refractivity contribution >= 4 is 0 Å². The van der Waals surface area contributed by atoms with Crippen LogP contribution in [0, 0.1) is 0 Å². The smallest absolute Gasteiger partial charge is 0.0431 e. The highest BCUT2D eigenvalue weighted by atomic mass is 15.2. The van der Waals surface area contributed by atoms with Crippen LogP contribution < -0.4 is 0 Å². The van der Waals surface area contributed by atoms with Crippen LogP contribution in [0.25, 0.3) is 0 Å². The lowest BCUT2D eigenvalue weighted by atomic mass is 10.1. The van der Waals surface area contributed by atoms with Crippen molar-refractivity contribution in [3.63, 3.8) is 0 Å². The van der Waals surface area contributed by atoms with Crippen LogP contribution >= 0.6 is 0 Å². The van der Waals surface area contributed by atoms with Gasteiger partial charge in [-0.25, -0.2) is 0 Å². The van der Waals surface area contributed by atoms with Gasteiger partial charge in [-0.15, -0.1) is 0 Å². The molecule has 0 spiro atoms. The van der Waals surface area contributed by atoms with Crippen LogP contribution in [0.3, 0.4) is 0 Å². The fourth-order valence-electron chi connectivity index (χ4n) is 0.782. The predicted octanol–water partition coefficient (Wildman–Crippen LogP) is 1.88. The lowest BCUT2D eigenvalue weighted by molar-refractivity contribution is 0.175. The summed E-state index contributed by atoms with van der Waals surface area (Å²) >= 11 is 0. The molecule has 0 bridgehead atoms. The van der Waals surface area contributed by atoms with E-state index in [0.717, 1.165) is 0 Å². The largest absolute Gasteiger partial charge is 0.298 e. The van der Waals surface area contributed by atoms with Gasteiger partial charge < -0.3 is 0 Å². The van der Waals surface area contributed by atoms with Gasteiger partial charge in [0.15, 0.2) is 0 Å². The van der Waals surface area contributed by atoms with Crippen molar-refractivity contribution < 1.29 is 5.48 Å². The quantitative estimate of drug-likeness (QED) is 0.485. The van der Waals surface area contributed by atoms with E-state index < -0.39 is 25.8 Å². The van der Waals surface area contributed by atoms with Crippen LogP contribution in [-0.2, 0) is 0 Å². The van der Waals surface area contributed by atoms with Gasteiger partial charge in [-0.2, -0.15) is 0 Å². The standard InChI is InChI=1S/C8H17N/c1-8(2,3)9-6-4-5-7-9/h4-7H2,1-3H3/i4D,5D,6D,7D. The van der Waals surface area contributed by atoms with Crippen molar-refractivity contribution in [2.24, 2.45) is 0 Å². The molecular weight excluding hydrogens is 110 g/mol. The zero-order valence-electron chi connectivity index (χ0n) is 10.3. The Labute approximate surface area is 63.7 Å². The Bertz CT molecular complexity index is 177. The summed E-state index contributed by atoms with van der Waals surface area (Å²) in [5.74, 6) is 0. The molecule has 1 aliphatic rings. The van der Waals surface area contributed by atoms with Gasteiger partial charge in [0.25, 0.3) is 0 Å². The van der Waals surface area contributed by atoms with Crippen LogP contribution in [0.1, 0.15) is 39.0 Å². The third-order valence-corrected chi connectivity index (χ3v) is 1.38. The van der Waals surface area contributed by atoms with Gasteiger partial charge in [0.05, 0.1) is 0 Å². The van der Waals surface area contributed by atoms with Crippen molar-refractivity contribution in [2.45, 2.75) is 39.1 Å². The van der Waals surface area contributed by atoms with Crippen LogP contribution in [0.5, 0.6) is 0 Å². The summed E-state index contributed by atoms with van der Waals surface area (Å²) in [7, 11) is 0. The van der Waals surface area contributed by atoms with Crippen molar-refractivity contribution in [3.05, 3.63) is 0 Å². The minimum Gasteiger partial charge on any atom is -0.298 e. The fraction of sp³-hybridized carbons (Fsp3) is 1.00. The molecule has 9 heavy (non-hydrogen) atoms. The fourth-order valence-corrected chi connectivity index (χ4v) is 0.782. The topological polar surface area (TPSA) is 3.24 Å². The van der Waals surface area contributed by atoms with E-state index in [1.54, 1.807) is 4.90 Å². The monoisotopic (exact) mass is 131 g/mol. The number of hydrogen-bond acceptors (Lipinski definition) is 1. The molecule has 0 amide bonds. The molecule has 54 valence electrons. The second kappa shape index (κ2) is 2.30. The van der Waals surface area contributed by atoms with E-state index >= 15 is 0 Å². The average molecular weight is 131 g/mol. The Kier molecular flexibility index (Phi) is 0.862. The summed E-state index contributed by atoms with van der Waals surface area (Å²) in [6.45, 7) is 4.29. The van der Waals surface area contributed by atoms with E-state index in [1.807, 2.05) is 20.8 Å². The van der Waals surface area contributed by atoms with Gasteiger partial charge in [-0.3, -0.25) is 4.90 Å². The van der Waals surface area contributed by atoms with Gasteiger partial charge in [0.2, 0.25) is 0 Å². The Morgan fingerprint density at radius 2 is 1.67 bits per heavy atom. The summed E-state index contributed by atoms with van der Waals surface area (Å²) in [5, 5.41) is 0. The maximum absolute atomic E-state index is 7.71. The third kappa shape index (κ3) is 1.68. The molecule has 1 heteroatoms. The zero-order chi connectivity index (χ0) is 10.4. The molecule has 0 aromatic heterocycles. The molecule has 1 saturated heterocycles. The second-order valence-corrected chi connectivity index (χ2v) is 3.26. The number of rotatable bonds is 0. The van der Waals surface area contributed by atoms with Crippen molar-refractivity contribution in [1.82, 2.24) is 4.90 Å². The molecular formula is C8H17N. The van der Waals surface area contributed by atoms with Crippen LogP contribution in [-0.4, -0.2) is 23.5 Å². The molecule has 0 aromatic rings. The lowest BCUT2D eigenvalue weighted by Crippen LogP contribution is -2.38. The number of likely N-dealkylation sites (tertiary alicyclic amines) is 1. The first-order valence-corrected chi connectivity index (χ1v) is 3.24. The SMILES string of the molecule is [2H]C1C([2H])C([2H])N(C(C)(C)C)C1[2H]. The molecule has 0 saturated carbocycles. The number of hydrogen-bond donors (Lipinski definition) is 0. The van der Waals surface area contributed by atoms with Crippen LogP contribution in [0.2, 0.25) is 0 Å². The molecule has 0 aromatic carbocycles. The van der Waals surface area contributed by atoms with Crippen LogP contribution in [0.15, 0.2) is 0 Å². The molecule has 1 rings (SSSR count).